The molecule has 8 aromatic rings. The topological polar surface area (TPSA) is 280 Å². The number of aromatic nitrogens is 8. The summed E-state index contributed by atoms with van der Waals surface area (Å²) >= 11 is 0. The highest BCUT2D eigenvalue weighted by atomic mass is 16.3. The number of hydrogen-bond acceptors (Lipinski definition) is 12. The van der Waals surface area contributed by atoms with Crippen LogP contribution in [0, 0.1) is 0 Å². The van der Waals surface area contributed by atoms with Gasteiger partial charge in [0.15, 0.2) is 0 Å². The summed E-state index contributed by atoms with van der Waals surface area (Å²) in [6, 6.07) is 24.0. The number of rotatable bonds is 12. The number of aliphatic hydroxyl groups is 4. The van der Waals surface area contributed by atoms with E-state index in [1.807, 2.05) is 72.8 Å². The van der Waals surface area contributed by atoms with Gasteiger partial charge in [0.1, 0.15) is 0 Å². The second-order valence-corrected chi connectivity index (χ2v) is 22.6. The van der Waals surface area contributed by atoms with Crippen LogP contribution in [0.15, 0.2) is 92.0 Å². The number of H-pyrrole nitrogens is 4. The number of aromatic amines is 4. The summed E-state index contributed by atoms with van der Waals surface area (Å²) < 4.78 is 6.97. The van der Waals surface area contributed by atoms with Crippen molar-refractivity contribution in [1.29, 1.82) is 0 Å². The van der Waals surface area contributed by atoms with Crippen molar-refractivity contribution < 1.29 is 20.4 Å². The molecule has 20 heteroatoms. The van der Waals surface area contributed by atoms with Crippen LogP contribution in [0.25, 0.3) is 44.1 Å². The van der Waals surface area contributed by atoms with E-state index >= 15 is 0 Å². The maximum atomic E-state index is 12.0. The molecule has 4 aromatic carbocycles. The maximum absolute atomic E-state index is 12.0. The van der Waals surface area contributed by atoms with Crippen molar-refractivity contribution in [3.8, 4) is 0 Å². The van der Waals surface area contributed by atoms with E-state index < -0.39 is 24.4 Å². The second-order valence-electron chi connectivity index (χ2n) is 22.6. The van der Waals surface area contributed by atoms with Crippen LogP contribution < -0.4 is 44.0 Å². The predicted molar refractivity (Wildman–Crippen MR) is 315 cm³/mol. The standard InChI is InChI=1S/4C15H21N3O2/c4*1-3-9(2)16-12-7-8-18-13-10(14(12)19)5-4-6-11(13)17-15(18)20/h4*4-6,9,12,14,16,19H,3,7-8H2,1-2H3,(H,17,20)/t2*9?,12-,14-;9-,12+,14+;9-,12-,14-/m1101/s1. The van der Waals surface area contributed by atoms with E-state index in [4.69, 9.17) is 0 Å². The van der Waals surface area contributed by atoms with Crippen molar-refractivity contribution >= 4 is 44.1 Å². The van der Waals surface area contributed by atoms with Crippen LogP contribution in [0.2, 0.25) is 0 Å². The van der Waals surface area contributed by atoms with Crippen molar-refractivity contribution in [2.75, 3.05) is 0 Å². The molecule has 0 saturated heterocycles. The summed E-state index contributed by atoms with van der Waals surface area (Å²) in [6.45, 7) is 19.5. The van der Waals surface area contributed by atoms with Crippen molar-refractivity contribution in [2.24, 2.45) is 0 Å². The third-order valence-corrected chi connectivity index (χ3v) is 17.2. The first-order valence-corrected chi connectivity index (χ1v) is 29.1. The van der Waals surface area contributed by atoms with E-state index in [0.29, 0.717) is 50.3 Å². The van der Waals surface area contributed by atoms with Gasteiger partial charge in [-0.1, -0.05) is 76.2 Å². The predicted octanol–water partition coefficient (Wildman–Crippen LogP) is 6.09. The quantitative estimate of drug-likeness (QED) is 0.0662. The van der Waals surface area contributed by atoms with Crippen LogP contribution in [0.3, 0.4) is 0 Å². The Morgan fingerprint density at radius 2 is 0.588 bits per heavy atom. The molecule has 0 radical (unpaired) electrons. The molecule has 8 heterocycles. The number of nitrogens with one attached hydrogen (secondary N) is 8. The molecule has 80 heavy (non-hydrogen) atoms. The zero-order valence-corrected chi connectivity index (χ0v) is 47.6. The lowest BCUT2D eigenvalue weighted by Gasteiger charge is -2.26. The second kappa shape index (κ2) is 25.2. The van der Waals surface area contributed by atoms with Crippen LogP contribution >= 0.6 is 0 Å². The van der Waals surface area contributed by atoms with Gasteiger partial charge in [-0.15, -0.1) is 0 Å². The van der Waals surface area contributed by atoms with Gasteiger partial charge in [0.05, 0.1) is 68.5 Å². The zero-order valence-electron chi connectivity index (χ0n) is 47.6. The Hall–Kier alpha value is -6.36. The largest absolute Gasteiger partial charge is 0.387 e. The van der Waals surface area contributed by atoms with Gasteiger partial charge < -0.3 is 61.6 Å². The Balaban J connectivity index is 0.000000129. The van der Waals surface area contributed by atoms with Gasteiger partial charge in [0.25, 0.3) is 0 Å². The molecule has 432 valence electrons. The third-order valence-electron chi connectivity index (χ3n) is 17.2. The molecule has 12 atom stereocenters. The molecule has 4 aliphatic rings. The number of benzene rings is 4. The summed E-state index contributed by atoms with van der Waals surface area (Å²) in [7, 11) is 0. The minimum atomic E-state index is -0.586. The summed E-state index contributed by atoms with van der Waals surface area (Å²) in [6.07, 6.45) is 4.68. The van der Waals surface area contributed by atoms with Gasteiger partial charge in [0, 0.05) is 96.8 Å². The van der Waals surface area contributed by atoms with Gasteiger partial charge in [-0.3, -0.25) is 18.3 Å². The Kier molecular flexibility index (Phi) is 18.4. The molecule has 0 amide bonds. The fraction of sp³-hybridized carbons (Fsp3) is 0.533. The van der Waals surface area contributed by atoms with Gasteiger partial charge in [0.2, 0.25) is 0 Å². The Labute approximate surface area is 465 Å². The SMILES string of the molecule is CCC(C)N[C@@H]1CCn2c(=O)[nH]c3cccc(c32)[C@H]1O.CCC(C)N[C@@H]1CCn2c(=O)[nH]c3cccc(c32)[C@H]1O.CC[C@@H](C)N[C@@H]1CCn2c(=O)[nH]c3cccc(c32)[C@H]1O.CC[C@H](C)N[C@@H]1CCn2c(=O)[nH]c3cccc(c32)[C@H]1O. The smallest absolute Gasteiger partial charge is 0.326 e. The lowest BCUT2D eigenvalue weighted by atomic mass is 9.99. The van der Waals surface area contributed by atoms with Crippen molar-refractivity contribution in [1.82, 2.24) is 59.5 Å². The number of hydrogen-bond donors (Lipinski definition) is 12. The molecule has 12 rings (SSSR count). The summed E-state index contributed by atoms with van der Waals surface area (Å²) in [5.41, 5.74) is 9.55. The fourth-order valence-corrected chi connectivity index (χ4v) is 12.0. The lowest BCUT2D eigenvalue weighted by Crippen LogP contribution is -2.40. The number of imidazole rings is 4. The molecule has 12 N–H and O–H groups in total. The molecule has 2 unspecified atom stereocenters. The molecule has 20 nitrogen and oxygen atoms in total. The Bertz CT molecular complexity index is 3170. The first-order valence-electron chi connectivity index (χ1n) is 29.1. The number of nitrogens with zero attached hydrogens (tertiary/aromatic N) is 4. The summed E-state index contributed by atoms with van der Waals surface area (Å²) in [5.74, 6) is 0. The highest BCUT2D eigenvalue weighted by Crippen LogP contribution is 2.34. The minimum absolute atomic E-state index is 0.0187. The summed E-state index contributed by atoms with van der Waals surface area (Å²) in [4.78, 5) is 59.4. The monoisotopic (exact) mass is 1100 g/mol. The Morgan fingerprint density at radius 1 is 0.388 bits per heavy atom. The van der Waals surface area contributed by atoms with Crippen LogP contribution in [0.5, 0.6) is 0 Å². The minimum Gasteiger partial charge on any atom is -0.387 e. The van der Waals surface area contributed by atoms with Gasteiger partial charge >= 0.3 is 22.8 Å². The highest BCUT2D eigenvalue weighted by molar-refractivity contribution is 5.82. The number of para-hydroxylation sites is 4. The molecular formula is C60H84N12O8. The molecule has 0 fully saturated rings. The molecule has 0 spiro atoms. The Morgan fingerprint density at radius 3 is 0.775 bits per heavy atom. The molecule has 0 saturated carbocycles. The number of aliphatic hydroxyl groups excluding tert-OH is 4. The average Bonchev–Trinajstić information content (AvgIpc) is 4.06. The molecule has 0 bridgehead atoms. The van der Waals surface area contributed by atoms with E-state index in [1.165, 1.54) is 0 Å². The first-order chi connectivity index (χ1) is 38.5. The van der Waals surface area contributed by atoms with E-state index in [-0.39, 0.29) is 46.9 Å². The van der Waals surface area contributed by atoms with Gasteiger partial charge in [-0.2, -0.15) is 0 Å². The normalized spacial score (nSPS) is 23.8. The van der Waals surface area contributed by atoms with Crippen LogP contribution in [0.4, 0.5) is 0 Å². The van der Waals surface area contributed by atoms with E-state index in [2.05, 4.69) is 96.6 Å². The number of aryl methyl sites for hydroxylation is 4. The van der Waals surface area contributed by atoms with Gasteiger partial charge in [-0.25, -0.2) is 19.2 Å². The van der Waals surface area contributed by atoms with Gasteiger partial charge in [-0.05, 0) is 103 Å². The molecule has 4 aromatic heterocycles. The van der Waals surface area contributed by atoms with Crippen LogP contribution in [-0.4, -0.2) is 107 Å². The molecule has 0 aliphatic carbocycles. The van der Waals surface area contributed by atoms with E-state index in [0.717, 1.165) is 118 Å². The zero-order chi connectivity index (χ0) is 57.1. The average molecular weight is 1100 g/mol. The van der Waals surface area contributed by atoms with Crippen LogP contribution in [0.1, 0.15) is 153 Å². The van der Waals surface area contributed by atoms with Crippen molar-refractivity contribution in [3.63, 3.8) is 0 Å². The maximum Gasteiger partial charge on any atom is 0.326 e. The third kappa shape index (κ3) is 11.9. The van der Waals surface area contributed by atoms with Crippen LogP contribution in [-0.2, 0) is 26.2 Å². The molecular weight excluding hydrogens is 1020 g/mol. The fourth-order valence-electron chi connectivity index (χ4n) is 12.0. The molecule has 4 aliphatic heterocycles. The highest BCUT2D eigenvalue weighted by Gasteiger charge is 2.33. The van der Waals surface area contributed by atoms with E-state index in [9.17, 15) is 39.6 Å². The van der Waals surface area contributed by atoms with E-state index in [1.54, 1.807) is 18.3 Å². The summed E-state index contributed by atoms with van der Waals surface area (Å²) in [5, 5.41) is 56.6. The van der Waals surface area contributed by atoms with Crippen molar-refractivity contribution in [2.45, 2.75) is 206 Å². The first kappa shape index (κ1) is 58.3. The van der Waals surface area contributed by atoms with Crippen molar-refractivity contribution in [3.05, 3.63) is 137 Å². The lowest BCUT2D eigenvalue weighted by molar-refractivity contribution is 0.119.